The summed E-state index contributed by atoms with van der Waals surface area (Å²) < 4.78 is 0. The molecule has 0 heterocycles. The first-order valence-corrected chi connectivity index (χ1v) is 6.48. The van der Waals surface area contributed by atoms with Gasteiger partial charge in [0, 0.05) is 12.5 Å². The van der Waals surface area contributed by atoms with Crippen LogP contribution in [0.3, 0.4) is 0 Å². The molecule has 2 heteroatoms. The van der Waals surface area contributed by atoms with E-state index in [0.29, 0.717) is 0 Å². The van der Waals surface area contributed by atoms with Crippen molar-refractivity contribution in [3.8, 4) is 0 Å². The molecule has 0 saturated heterocycles. The molecule has 2 nitrogen and oxygen atoms in total. The van der Waals surface area contributed by atoms with Crippen LogP contribution in [0.1, 0.15) is 25.0 Å². The highest BCUT2D eigenvalue weighted by molar-refractivity contribution is 5.95. The predicted molar refractivity (Wildman–Crippen MR) is 77.6 cm³/mol. The van der Waals surface area contributed by atoms with E-state index in [1.54, 1.807) is 6.08 Å². The Bertz CT molecular complexity index is 404. The van der Waals surface area contributed by atoms with Crippen molar-refractivity contribution in [2.45, 2.75) is 20.3 Å². The Hall–Kier alpha value is -1.41. The summed E-state index contributed by atoms with van der Waals surface area (Å²) in [7, 11) is 3.97. The fourth-order valence-corrected chi connectivity index (χ4v) is 1.84. The van der Waals surface area contributed by atoms with Crippen LogP contribution in [-0.4, -0.2) is 31.3 Å². The van der Waals surface area contributed by atoms with Crippen LogP contribution in [0.25, 0.3) is 6.08 Å². The lowest BCUT2D eigenvalue weighted by atomic mass is 10.0. The van der Waals surface area contributed by atoms with Crippen molar-refractivity contribution in [2.24, 2.45) is 5.92 Å². The van der Waals surface area contributed by atoms with Crippen molar-refractivity contribution < 1.29 is 4.79 Å². The second-order valence-electron chi connectivity index (χ2n) is 4.99. The van der Waals surface area contributed by atoms with E-state index in [2.05, 4.69) is 31.2 Å². The van der Waals surface area contributed by atoms with Gasteiger partial charge in [0.25, 0.3) is 0 Å². The summed E-state index contributed by atoms with van der Waals surface area (Å²) in [5.41, 5.74) is 2.40. The highest BCUT2D eigenvalue weighted by Crippen LogP contribution is 2.08. The van der Waals surface area contributed by atoms with E-state index in [1.165, 1.54) is 5.56 Å². The van der Waals surface area contributed by atoms with E-state index in [0.717, 1.165) is 18.5 Å². The first kappa shape index (κ1) is 14.7. The highest BCUT2D eigenvalue weighted by Gasteiger charge is 2.10. The van der Waals surface area contributed by atoms with Gasteiger partial charge in [-0.1, -0.05) is 44.2 Å². The van der Waals surface area contributed by atoms with E-state index in [1.807, 2.05) is 32.0 Å². The first-order chi connectivity index (χ1) is 8.52. The van der Waals surface area contributed by atoms with E-state index < -0.39 is 0 Å². The van der Waals surface area contributed by atoms with Crippen LogP contribution in [0.2, 0.25) is 0 Å². The molecule has 1 rings (SSSR count). The van der Waals surface area contributed by atoms with Gasteiger partial charge in [-0.2, -0.15) is 0 Å². The molecular weight excluding hydrogens is 222 g/mol. The summed E-state index contributed by atoms with van der Waals surface area (Å²) in [6.07, 6.45) is 4.63. The van der Waals surface area contributed by atoms with Crippen molar-refractivity contribution in [1.29, 1.82) is 0 Å². The Kier molecular flexibility index (Phi) is 5.79. The van der Waals surface area contributed by atoms with Crippen LogP contribution in [0.5, 0.6) is 0 Å². The molecular formula is C16H23NO. The summed E-state index contributed by atoms with van der Waals surface area (Å²) in [5, 5.41) is 0. The minimum absolute atomic E-state index is 0.0474. The van der Waals surface area contributed by atoms with Gasteiger partial charge in [-0.05, 0) is 37.7 Å². The quantitative estimate of drug-likeness (QED) is 0.718. The molecule has 0 aliphatic carbocycles. The molecule has 0 N–H and O–H groups in total. The Morgan fingerprint density at radius 1 is 1.28 bits per heavy atom. The lowest BCUT2D eigenvalue weighted by Crippen LogP contribution is -2.24. The SMILES string of the molecule is CCc1ccc(/C=C\C(=O)[C@H](C)CN(C)C)cc1. The summed E-state index contributed by atoms with van der Waals surface area (Å²) in [6, 6.07) is 8.32. The van der Waals surface area contributed by atoms with Gasteiger partial charge in [0.05, 0.1) is 0 Å². The van der Waals surface area contributed by atoms with Gasteiger partial charge in [0.1, 0.15) is 0 Å². The van der Waals surface area contributed by atoms with Crippen molar-refractivity contribution in [1.82, 2.24) is 4.90 Å². The zero-order valence-electron chi connectivity index (χ0n) is 11.8. The lowest BCUT2D eigenvalue weighted by molar-refractivity contribution is -0.118. The Morgan fingerprint density at radius 3 is 2.39 bits per heavy atom. The highest BCUT2D eigenvalue weighted by atomic mass is 16.1. The summed E-state index contributed by atoms with van der Waals surface area (Å²) in [5.74, 6) is 0.231. The molecule has 0 aliphatic rings. The molecule has 1 atom stereocenters. The topological polar surface area (TPSA) is 20.3 Å². The monoisotopic (exact) mass is 245 g/mol. The fourth-order valence-electron chi connectivity index (χ4n) is 1.84. The second kappa shape index (κ2) is 7.12. The number of aryl methyl sites for hydroxylation is 1. The zero-order valence-corrected chi connectivity index (χ0v) is 11.8. The van der Waals surface area contributed by atoms with Gasteiger partial charge >= 0.3 is 0 Å². The maximum atomic E-state index is 11.9. The fraction of sp³-hybridized carbons (Fsp3) is 0.438. The number of hydrogen-bond acceptors (Lipinski definition) is 2. The first-order valence-electron chi connectivity index (χ1n) is 6.48. The molecule has 98 valence electrons. The average molecular weight is 245 g/mol. The van der Waals surface area contributed by atoms with Crippen molar-refractivity contribution in [3.63, 3.8) is 0 Å². The summed E-state index contributed by atoms with van der Waals surface area (Å²) >= 11 is 0. The number of benzene rings is 1. The second-order valence-corrected chi connectivity index (χ2v) is 4.99. The van der Waals surface area contributed by atoms with Crippen molar-refractivity contribution in [3.05, 3.63) is 41.5 Å². The van der Waals surface area contributed by atoms with E-state index in [-0.39, 0.29) is 11.7 Å². The van der Waals surface area contributed by atoms with Gasteiger partial charge in [-0.15, -0.1) is 0 Å². The average Bonchev–Trinajstić information content (AvgIpc) is 2.35. The zero-order chi connectivity index (χ0) is 13.5. The third-order valence-corrected chi connectivity index (χ3v) is 2.95. The smallest absolute Gasteiger partial charge is 0.159 e. The Balaban J connectivity index is 2.59. The Labute approximate surface area is 110 Å². The molecule has 0 aliphatic heterocycles. The third-order valence-electron chi connectivity index (χ3n) is 2.95. The molecule has 1 aromatic carbocycles. The number of carbonyl (C=O) groups is 1. The van der Waals surface area contributed by atoms with Gasteiger partial charge < -0.3 is 4.90 Å². The van der Waals surface area contributed by atoms with Crippen LogP contribution in [0.4, 0.5) is 0 Å². The molecule has 0 aromatic heterocycles. The van der Waals surface area contributed by atoms with Gasteiger partial charge in [-0.25, -0.2) is 0 Å². The van der Waals surface area contributed by atoms with Crippen molar-refractivity contribution >= 4 is 11.9 Å². The molecule has 0 bridgehead atoms. The van der Waals surface area contributed by atoms with E-state index in [9.17, 15) is 4.79 Å². The number of ketones is 1. The lowest BCUT2D eigenvalue weighted by Gasteiger charge is -2.13. The van der Waals surface area contributed by atoms with Crippen LogP contribution in [0, 0.1) is 5.92 Å². The molecule has 18 heavy (non-hydrogen) atoms. The van der Waals surface area contributed by atoms with Crippen LogP contribution in [-0.2, 0) is 11.2 Å². The van der Waals surface area contributed by atoms with Gasteiger partial charge in [0.2, 0.25) is 0 Å². The number of carbonyl (C=O) groups excluding carboxylic acids is 1. The van der Waals surface area contributed by atoms with E-state index in [4.69, 9.17) is 0 Å². The molecule has 0 spiro atoms. The molecule has 0 saturated carbocycles. The van der Waals surface area contributed by atoms with Crippen molar-refractivity contribution in [2.75, 3.05) is 20.6 Å². The molecule has 0 radical (unpaired) electrons. The number of allylic oxidation sites excluding steroid dienone is 1. The third kappa shape index (κ3) is 4.84. The van der Waals surface area contributed by atoms with Gasteiger partial charge in [-0.3, -0.25) is 4.79 Å². The van der Waals surface area contributed by atoms with Crippen LogP contribution < -0.4 is 0 Å². The maximum absolute atomic E-state index is 11.9. The molecule has 0 unspecified atom stereocenters. The minimum atomic E-state index is 0.0474. The number of nitrogens with zero attached hydrogens (tertiary/aromatic N) is 1. The van der Waals surface area contributed by atoms with Crippen LogP contribution >= 0.6 is 0 Å². The normalized spacial score (nSPS) is 13.2. The summed E-state index contributed by atoms with van der Waals surface area (Å²) in [6.45, 7) is 4.89. The largest absolute Gasteiger partial charge is 0.309 e. The van der Waals surface area contributed by atoms with Gasteiger partial charge in [0.15, 0.2) is 5.78 Å². The molecule has 0 fully saturated rings. The maximum Gasteiger partial charge on any atom is 0.159 e. The predicted octanol–water partition coefficient (Wildman–Crippen LogP) is 3.03. The minimum Gasteiger partial charge on any atom is -0.309 e. The van der Waals surface area contributed by atoms with Crippen LogP contribution in [0.15, 0.2) is 30.3 Å². The van der Waals surface area contributed by atoms with E-state index >= 15 is 0 Å². The summed E-state index contributed by atoms with van der Waals surface area (Å²) in [4.78, 5) is 13.9. The number of hydrogen-bond donors (Lipinski definition) is 0. The molecule has 0 amide bonds. The Morgan fingerprint density at radius 2 is 1.89 bits per heavy atom. The number of rotatable bonds is 6. The molecule has 1 aromatic rings. The standard InChI is InChI=1S/C16H23NO/c1-5-14-6-8-15(9-7-14)10-11-16(18)13(2)12-17(3)4/h6-11,13H,5,12H2,1-4H3/b11-10-/t13-/m1/s1.